The van der Waals surface area contributed by atoms with E-state index in [9.17, 15) is 19.8 Å². The summed E-state index contributed by atoms with van der Waals surface area (Å²) < 4.78 is 25.0. The van der Waals surface area contributed by atoms with Crippen LogP contribution < -0.4 is 30.3 Å². The van der Waals surface area contributed by atoms with E-state index in [0.717, 1.165) is 124 Å². The summed E-state index contributed by atoms with van der Waals surface area (Å²) in [6.45, 7) is 14.9. The number of anilines is 3. The number of aromatic nitrogens is 5. The molecule has 5 aliphatic heterocycles. The first-order chi connectivity index (χ1) is 39.3. The number of fused-ring (bicyclic) bond motifs is 2. The second-order valence-electron chi connectivity index (χ2n) is 23.4. The fourth-order valence-electron chi connectivity index (χ4n) is 12.9. The molecule has 2 amide bonds. The molecule has 6 aliphatic rings. The van der Waals surface area contributed by atoms with Crippen LogP contribution >= 0.6 is 11.3 Å². The zero-order chi connectivity index (χ0) is 55.9. The number of piperidine rings is 1. The number of rotatable bonds is 19. The van der Waals surface area contributed by atoms with Crippen molar-refractivity contribution in [3.63, 3.8) is 0 Å². The maximum absolute atomic E-state index is 14.3. The minimum Gasteiger partial charge on any atom is -0.507 e. The molecule has 21 heteroatoms. The largest absolute Gasteiger partial charge is 0.507 e. The number of aromatic hydroxyl groups is 1. The molecule has 9 heterocycles. The number of carbonyl (C=O) groups is 2. The molecular weight excluding hydrogens is 1050 g/mol. The Bertz CT molecular complexity index is 3140. The van der Waals surface area contributed by atoms with Gasteiger partial charge in [-0.3, -0.25) is 14.5 Å². The molecule has 5 N–H and O–H groups in total. The smallest absolute Gasteiger partial charge is 0.254 e. The van der Waals surface area contributed by atoms with E-state index < -0.39 is 18.1 Å². The van der Waals surface area contributed by atoms with Gasteiger partial charge in [0.25, 0.3) is 5.88 Å². The van der Waals surface area contributed by atoms with Crippen molar-refractivity contribution in [1.82, 2.24) is 45.3 Å². The van der Waals surface area contributed by atoms with E-state index in [1.807, 2.05) is 81.9 Å². The lowest BCUT2D eigenvalue weighted by Gasteiger charge is -2.43. The number of pyridine rings is 1. The van der Waals surface area contributed by atoms with Gasteiger partial charge in [-0.1, -0.05) is 50.2 Å². The van der Waals surface area contributed by atoms with Gasteiger partial charge < -0.3 is 59.6 Å². The Morgan fingerprint density at radius 3 is 2.28 bits per heavy atom. The Morgan fingerprint density at radius 2 is 1.56 bits per heavy atom. The second-order valence-corrected chi connectivity index (χ2v) is 24.2. The highest BCUT2D eigenvalue weighted by atomic mass is 32.1. The minimum atomic E-state index is -0.823. The van der Waals surface area contributed by atoms with Crippen molar-refractivity contribution in [3.05, 3.63) is 102 Å². The first kappa shape index (κ1) is 54.7. The first-order valence-corrected chi connectivity index (χ1v) is 29.7. The number of thiazole rings is 1. The van der Waals surface area contributed by atoms with Crippen LogP contribution in [0.25, 0.3) is 21.7 Å². The van der Waals surface area contributed by atoms with Crippen LogP contribution in [0.1, 0.15) is 94.7 Å². The number of nitrogens with zero attached hydrogens (tertiary/aromatic N) is 10. The summed E-state index contributed by atoms with van der Waals surface area (Å²) in [4.78, 5) is 49.4. The molecule has 0 spiro atoms. The van der Waals surface area contributed by atoms with E-state index in [2.05, 4.69) is 62.4 Å². The lowest BCUT2D eigenvalue weighted by molar-refractivity contribution is -0.141. The Hall–Kier alpha value is -6.91. The molecular formula is C60H74N12O8S. The molecule has 6 fully saturated rings. The molecule has 2 unspecified atom stereocenters. The number of carbonyl (C=O) groups excluding carboxylic acids is 2. The first-order valence-electron chi connectivity index (χ1n) is 28.9. The van der Waals surface area contributed by atoms with E-state index in [0.29, 0.717) is 46.7 Å². The molecule has 2 bridgehead atoms. The van der Waals surface area contributed by atoms with Gasteiger partial charge in [0.15, 0.2) is 11.6 Å². The van der Waals surface area contributed by atoms with E-state index >= 15 is 0 Å². The van der Waals surface area contributed by atoms with E-state index in [1.165, 1.54) is 4.90 Å². The van der Waals surface area contributed by atoms with Gasteiger partial charge in [0.1, 0.15) is 29.9 Å². The van der Waals surface area contributed by atoms with Crippen LogP contribution in [-0.4, -0.2) is 170 Å². The van der Waals surface area contributed by atoms with Gasteiger partial charge in [-0.25, -0.2) is 9.97 Å². The van der Waals surface area contributed by atoms with Crippen molar-refractivity contribution < 1.29 is 38.5 Å². The Morgan fingerprint density at radius 1 is 0.815 bits per heavy atom. The normalized spacial score (nSPS) is 24.2. The van der Waals surface area contributed by atoms with Gasteiger partial charge in [0.05, 0.1) is 51.8 Å². The van der Waals surface area contributed by atoms with E-state index in [1.54, 1.807) is 29.5 Å². The molecule has 1 saturated carbocycles. The molecule has 81 heavy (non-hydrogen) atoms. The minimum absolute atomic E-state index is 0.0377. The number of piperazine rings is 1. The molecule has 4 aromatic heterocycles. The molecule has 1 aliphatic carbocycles. The van der Waals surface area contributed by atoms with Crippen LogP contribution in [0.15, 0.2) is 89.0 Å². The zero-order valence-corrected chi connectivity index (χ0v) is 47.4. The standard InChI is InChI=1S/C60H74N12O8S/c1-35(2)56(60(76)71-31-43(73)24-51(71)59(75)64-36(3)38-9-11-39(12-10-38)57-37(4)63-34-81-57)53-28-55(67-80-53)79-47-32-69(33-47)22-21-68-19-16-44(17-20-68)77-45-25-46(26-45)78-54-23-40(15-18-62-54)72-41-13-14-42(72)30-70(29-41)50-27-49(65-66-58(50)61)48-7-5-6-8-52(48)74/h5-12,15,18,23,27-28,34-36,41-47,51,56,73-74H,13-14,16-17,19-22,24-26,29-33H2,1-4H3,(H2,61,66)(H,64,75)/t36-,41?,42?,43+,45?,46?,51-,56+/m0/s1. The lowest BCUT2D eigenvalue weighted by Crippen LogP contribution is -2.56. The number of amides is 2. The number of aryl methyl sites for hydroxylation is 1. The number of para-hydroxylation sites is 1. The number of aliphatic hydroxyl groups excluding tert-OH is 1. The van der Waals surface area contributed by atoms with Crippen LogP contribution in [0.5, 0.6) is 17.5 Å². The summed E-state index contributed by atoms with van der Waals surface area (Å²) in [6, 6.07) is 22.5. The second kappa shape index (κ2) is 23.5. The SMILES string of the molecule is Cc1ncsc1-c1ccc([C@H](C)NC(=O)[C@@H]2C[C@@H](O)CN2C(=O)[C@@H](c2cc(OC3CN(CCN4CCC(OC5CC(Oc6cc(N7C8CCC7CN(c7cc(-c9ccccc9O)nnc7N)C8)ccn6)C5)CC4)C3)no2)C(C)C)cc1. The lowest BCUT2D eigenvalue weighted by atomic mass is 9.91. The highest BCUT2D eigenvalue weighted by Crippen LogP contribution is 2.41. The fraction of sp³-hybridized carbons (Fsp3) is 0.517. The number of nitrogens with two attached hydrogens (primary N) is 1. The number of phenolic OH excluding ortho intramolecular Hbond substituents is 1. The predicted octanol–water partition coefficient (Wildman–Crippen LogP) is 6.84. The van der Waals surface area contributed by atoms with Gasteiger partial charge >= 0.3 is 0 Å². The Kier molecular flexibility index (Phi) is 15.9. The summed E-state index contributed by atoms with van der Waals surface area (Å²) in [5.74, 6) is 0.463. The molecule has 12 rings (SSSR count). The van der Waals surface area contributed by atoms with Crippen LogP contribution in [0.2, 0.25) is 0 Å². The molecule has 6 atom stereocenters. The molecule has 6 aromatic rings. The van der Waals surface area contributed by atoms with E-state index in [4.69, 9.17) is 24.5 Å². The molecule has 2 aromatic carbocycles. The van der Waals surface area contributed by atoms with Crippen molar-refractivity contribution in [3.8, 4) is 39.2 Å². The number of hydrogen-bond acceptors (Lipinski definition) is 19. The van der Waals surface area contributed by atoms with Crippen LogP contribution in [0.4, 0.5) is 17.2 Å². The number of benzene rings is 2. The number of ether oxygens (including phenoxy) is 3. The highest BCUT2D eigenvalue weighted by molar-refractivity contribution is 7.13. The van der Waals surface area contributed by atoms with Crippen molar-refractivity contribution >= 4 is 40.3 Å². The number of likely N-dealkylation sites (tertiary alicyclic amines) is 3. The van der Waals surface area contributed by atoms with E-state index in [-0.39, 0.29) is 66.9 Å². The maximum atomic E-state index is 14.3. The van der Waals surface area contributed by atoms with Crippen LogP contribution in [0.3, 0.4) is 0 Å². The van der Waals surface area contributed by atoms with Crippen molar-refractivity contribution in [2.24, 2.45) is 5.92 Å². The summed E-state index contributed by atoms with van der Waals surface area (Å²) in [7, 11) is 0. The number of aliphatic hydroxyl groups is 1. The molecule has 20 nitrogen and oxygen atoms in total. The molecule has 0 radical (unpaired) electrons. The molecule has 5 saturated heterocycles. The summed E-state index contributed by atoms with van der Waals surface area (Å²) in [6.07, 6.45) is 7.59. The number of nitrogen functional groups attached to an aromatic ring is 1. The fourth-order valence-corrected chi connectivity index (χ4v) is 13.7. The van der Waals surface area contributed by atoms with Crippen LogP contribution in [0, 0.1) is 12.8 Å². The third-order valence-electron chi connectivity index (χ3n) is 17.4. The van der Waals surface area contributed by atoms with Gasteiger partial charge in [0, 0.05) is 120 Å². The Balaban J connectivity index is 0.545. The third kappa shape index (κ3) is 11.9. The number of β-amino-alcohol motifs (C(OH)–C–C–N with tert-alkyl or cyclic N) is 1. The Labute approximate surface area is 476 Å². The number of nitrogens with one attached hydrogen (secondary N) is 1. The number of hydrogen-bond donors (Lipinski definition) is 4. The third-order valence-corrected chi connectivity index (χ3v) is 18.4. The summed E-state index contributed by atoms with van der Waals surface area (Å²) in [5, 5.41) is 37.1. The summed E-state index contributed by atoms with van der Waals surface area (Å²) in [5.41, 5.74) is 14.4. The van der Waals surface area contributed by atoms with Gasteiger partial charge in [0.2, 0.25) is 17.7 Å². The summed E-state index contributed by atoms with van der Waals surface area (Å²) >= 11 is 1.59. The van der Waals surface area contributed by atoms with Gasteiger partial charge in [-0.2, -0.15) is 0 Å². The van der Waals surface area contributed by atoms with Gasteiger partial charge in [-0.05, 0) is 86.0 Å². The topological polar surface area (TPSA) is 234 Å². The van der Waals surface area contributed by atoms with Crippen molar-refractivity contribution in [1.29, 1.82) is 0 Å². The average Bonchev–Trinajstić information content (AvgIpc) is 4.46. The van der Waals surface area contributed by atoms with Crippen molar-refractivity contribution in [2.45, 2.75) is 133 Å². The zero-order valence-electron chi connectivity index (χ0n) is 46.5. The quantitative estimate of drug-likeness (QED) is 0.0650. The number of phenols is 1. The monoisotopic (exact) mass is 1120 g/mol. The predicted molar refractivity (Wildman–Crippen MR) is 307 cm³/mol. The maximum Gasteiger partial charge on any atom is 0.254 e. The molecule has 428 valence electrons. The van der Waals surface area contributed by atoms with Crippen LogP contribution in [-0.2, 0) is 14.3 Å². The van der Waals surface area contributed by atoms with Gasteiger partial charge in [-0.15, -0.1) is 21.5 Å². The van der Waals surface area contributed by atoms with Crippen molar-refractivity contribution in [2.75, 3.05) is 74.4 Å². The average molecular weight is 1120 g/mol. The highest BCUT2D eigenvalue weighted by Gasteiger charge is 2.45.